The molecule has 0 radical (unpaired) electrons. The molecule has 2 aliphatic heterocycles. The average molecular weight is 541 g/mol. The van der Waals surface area contributed by atoms with Crippen LogP contribution in [0.1, 0.15) is 65.1 Å². The maximum Gasteiger partial charge on any atom is 0.254 e. The molecule has 2 fully saturated rings. The third kappa shape index (κ3) is 6.14. The number of guanidine groups is 1. The Balaban J connectivity index is 1.17. The maximum atomic E-state index is 12.7. The summed E-state index contributed by atoms with van der Waals surface area (Å²) in [5.74, 6) is 0.513. The van der Waals surface area contributed by atoms with Crippen LogP contribution in [0, 0.1) is 19.3 Å². The molecular weight excluding hydrogens is 500 g/mol. The Bertz CT molecular complexity index is 1270. The lowest BCUT2D eigenvalue weighted by molar-refractivity contribution is 0.0929. The second kappa shape index (κ2) is 12.6. The molecule has 0 saturated carbocycles. The Morgan fingerprint density at radius 2 is 1.80 bits per heavy atom. The predicted octanol–water partition coefficient (Wildman–Crippen LogP) is 3.96. The second-order valence-electron chi connectivity index (χ2n) is 11.0. The van der Waals surface area contributed by atoms with Crippen LogP contribution in [0.4, 0.5) is 0 Å². The third-order valence-electron chi connectivity index (χ3n) is 8.37. The Morgan fingerprint density at radius 1 is 1.07 bits per heavy atom. The number of nitrogens with one attached hydrogen (secondary N) is 2. The van der Waals surface area contributed by atoms with E-state index in [9.17, 15) is 4.79 Å². The van der Waals surface area contributed by atoms with Gasteiger partial charge in [0.05, 0.1) is 23.0 Å². The minimum atomic E-state index is -0.100. The highest BCUT2D eigenvalue weighted by atomic mass is 16.1. The van der Waals surface area contributed by atoms with Gasteiger partial charge in [-0.3, -0.25) is 15.2 Å². The number of rotatable bonds is 9. The molecule has 0 unspecified atom stereocenters. The van der Waals surface area contributed by atoms with E-state index >= 15 is 0 Å². The van der Waals surface area contributed by atoms with E-state index in [1.807, 2.05) is 26.1 Å². The molecule has 3 aromatic rings. The van der Waals surface area contributed by atoms with Crippen LogP contribution in [0.5, 0.6) is 0 Å². The SMILES string of the molecule is Cc1ncnc(C)c1C(=O)NCC[C@H](C)N1CCC(N2C(=N)N(Cc3cccnc3)C[C@H]2c2ccccc2)CC1. The lowest BCUT2D eigenvalue weighted by Gasteiger charge is -2.42. The highest BCUT2D eigenvalue weighted by Crippen LogP contribution is 2.35. The van der Waals surface area contributed by atoms with E-state index in [-0.39, 0.29) is 11.9 Å². The fraction of sp³-hybridized carbons (Fsp3) is 0.452. The summed E-state index contributed by atoms with van der Waals surface area (Å²) in [6.45, 7) is 10.0. The van der Waals surface area contributed by atoms with Gasteiger partial charge in [0.15, 0.2) is 5.96 Å². The molecule has 2 atom stereocenters. The fourth-order valence-corrected chi connectivity index (χ4v) is 6.11. The molecule has 0 aliphatic carbocycles. The molecule has 40 heavy (non-hydrogen) atoms. The van der Waals surface area contributed by atoms with E-state index in [1.165, 1.54) is 11.9 Å². The third-order valence-corrected chi connectivity index (χ3v) is 8.37. The average Bonchev–Trinajstić information content (AvgIpc) is 3.29. The maximum absolute atomic E-state index is 12.7. The number of likely N-dealkylation sites (tertiary alicyclic amines) is 1. The summed E-state index contributed by atoms with van der Waals surface area (Å²) < 4.78 is 0. The molecule has 2 N–H and O–H groups in total. The summed E-state index contributed by atoms with van der Waals surface area (Å²) in [6, 6.07) is 15.5. The molecule has 9 heteroatoms. The van der Waals surface area contributed by atoms with E-state index in [0.717, 1.165) is 44.5 Å². The molecule has 4 heterocycles. The first-order valence-corrected chi connectivity index (χ1v) is 14.3. The largest absolute Gasteiger partial charge is 0.352 e. The Morgan fingerprint density at radius 3 is 2.48 bits per heavy atom. The molecule has 1 aromatic carbocycles. The van der Waals surface area contributed by atoms with Gasteiger partial charge in [-0.1, -0.05) is 36.4 Å². The molecule has 2 aromatic heterocycles. The minimum Gasteiger partial charge on any atom is -0.352 e. The van der Waals surface area contributed by atoms with Gasteiger partial charge in [-0.15, -0.1) is 0 Å². The monoisotopic (exact) mass is 540 g/mol. The van der Waals surface area contributed by atoms with Crippen molar-refractivity contribution in [1.82, 2.24) is 35.0 Å². The van der Waals surface area contributed by atoms with Crippen molar-refractivity contribution in [2.75, 3.05) is 26.2 Å². The van der Waals surface area contributed by atoms with Crippen LogP contribution in [-0.2, 0) is 6.54 Å². The van der Waals surface area contributed by atoms with Gasteiger partial charge >= 0.3 is 0 Å². The molecule has 1 amide bonds. The Labute approximate surface area is 237 Å². The number of carbonyl (C=O) groups is 1. The van der Waals surface area contributed by atoms with Gasteiger partial charge in [0, 0.05) is 57.2 Å². The van der Waals surface area contributed by atoms with Crippen LogP contribution in [0.2, 0.25) is 0 Å². The van der Waals surface area contributed by atoms with Crippen molar-refractivity contribution in [2.45, 2.75) is 64.7 Å². The molecule has 0 spiro atoms. The first-order chi connectivity index (χ1) is 19.4. The van der Waals surface area contributed by atoms with Crippen molar-refractivity contribution in [3.63, 3.8) is 0 Å². The number of nitrogens with zero attached hydrogens (tertiary/aromatic N) is 6. The Hall–Kier alpha value is -3.85. The molecule has 9 nitrogen and oxygen atoms in total. The van der Waals surface area contributed by atoms with Crippen LogP contribution < -0.4 is 5.32 Å². The lowest BCUT2D eigenvalue weighted by atomic mass is 9.98. The van der Waals surface area contributed by atoms with E-state index in [4.69, 9.17) is 5.41 Å². The normalized spacial score (nSPS) is 19.2. The van der Waals surface area contributed by atoms with E-state index in [2.05, 4.69) is 78.3 Å². The molecule has 2 aliphatic rings. The lowest BCUT2D eigenvalue weighted by Crippen LogP contribution is -2.49. The number of amides is 1. The van der Waals surface area contributed by atoms with Gasteiger partial charge in [0.1, 0.15) is 6.33 Å². The summed E-state index contributed by atoms with van der Waals surface area (Å²) in [5.41, 5.74) is 4.39. The van der Waals surface area contributed by atoms with Gasteiger partial charge < -0.3 is 20.0 Å². The number of piperidine rings is 1. The van der Waals surface area contributed by atoms with Crippen molar-refractivity contribution >= 4 is 11.9 Å². The summed E-state index contributed by atoms with van der Waals surface area (Å²) in [5, 5.41) is 12.2. The smallest absolute Gasteiger partial charge is 0.254 e. The molecule has 210 valence electrons. The number of hydrogen-bond acceptors (Lipinski definition) is 6. The minimum absolute atomic E-state index is 0.100. The first kappa shape index (κ1) is 27.7. The topological polar surface area (TPSA) is 101 Å². The summed E-state index contributed by atoms with van der Waals surface area (Å²) in [4.78, 5) is 32.4. The van der Waals surface area contributed by atoms with Crippen molar-refractivity contribution in [3.05, 3.63) is 89.3 Å². The van der Waals surface area contributed by atoms with Crippen LogP contribution >= 0.6 is 0 Å². The number of benzene rings is 1. The van der Waals surface area contributed by atoms with E-state index < -0.39 is 0 Å². The zero-order valence-corrected chi connectivity index (χ0v) is 23.8. The van der Waals surface area contributed by atoms with Crippen LogP contribution in [0.15, 0.2) is 61.2 Å². The molecular formula is C31H40N8O. The zero-order valence-electron chi connectivity index (χ0n) is 23.8. The van der Waals surface area contributed by atoms with E-state index in [1.54, 1.807) is 6.20 Å². The van der Waals surface area contributed by atoms with Crippen LogP contribution in [0.25, 0.3) is 0 Å². The van der Waals surface area contributed by atoms with Gasteiger partial charge in [0.2, 0.25) is 0 Å². The summed E-state index contributed by atoms with van der Waals surface area (Å²) >= 11 is 0. The second-order valence-corrected chi connectivity index (χ2v) is 11.0. The standard InChI is InChI=1S/C31H40N8O/c1-22(11-15-34-30(40)29-23(2)35-21-36-24(29)3)37-16-12-27(13-17-37)39-28(26-9-5-4-6-10-26)20-38(31(39)32)19-25-8-7-14-33-18-25/h4-10,14,18,21-22,27-28,32H,11-13,15-17,19-20H2,1-3H3,(H,34,40)/t22-,28-/m0/s1. The molecule has 0 bridgehead atoms. The number of aromatic nitrogens is 3. The van der Waals surface area contributed by atoms with Crippen LogP contribution in [-0.4, -0.2) is 79.8 Å². The van der Waals surface area contributed by atoms with Crippen molar-refractivity contribution in [2.24, 2.45) is 0 Å². The number of pyridine rings is 1. The van der Waals surface area contributed by atoms with Gasteiger partial charge in [-0.05, 0) is 57.2 Å². The van der Waals surface area contributed by atoms with Crippen molar-refractivity contribution < 1.29 is 4.79 Å². The highest BCUT2D eigenvalue weighted by molar-refractivity contribution is 5.96. The number of carbonyl (C=O) groups excluding carboxylic acids is 1. The zero-order chi connectivity index (χ0) is 28.1. The van der Waals surface area contributed by atoms with Gasteiger partial charge in [0.25, 0.3) is 5.91 Å². The quantitative estimate of drug-likeness (QED) is 0.424. The van der Waals surface area contributed by atoms with Crippen molar-refractivity contribution in [3.8, 4) is 0 Å². The number of hydrogen-bond donors (Lipinski definition) is 2. The highest BCUT2D eigenvalue weighted by Gasteiger charge is 2.40. The fourth-order valence-electron chi connectivity index (χ4n) is 6.11. The van der Waals surface area contributed by atoms with Crippen molar-refractivity contribution in [1.29, 1.82) is 5.41 Å². The summed E-state index contributed by atoms with van der Waals surface area (Å²) in [7, 11) is 0. The first-order valence-electron chi connectivity index (χ1n) is 14.3. The number of aryl methyl sites for hydroxylation is 2. The van der Waals surface area contributed by atoms with Crippen LogP contribution in [0.3, 0.4) is 0 Å². The Kier molecular flexibility index (Phi) is 8.69. The molecule has 2 saturated heterocycles. The van der Waals surface area contributed by atoms with Gasteiger partial charge in [-0.25, -0.2) is 9.97 Å². The van der Waals surface area contributed by atoms with Gasteiger partial charge in [-0.2, -0.15) is 0 Å². The summed E-state index contributed by atoms with van der Waals surface area (Å²) in [6.07, 6.45) is 8.10. The van der Waals surface area contributed by atoms with E-state index in [0.29, 0.717) is 48.1 Å². The molecule has 5 rings (SSSR count). The predicted molar refractivity (Wildman–Crippen MR) is 156 cm³/mol.